The molecular formula is C14H14N4. The maximum absolute atomic E-state index is 4.46. The summed E-state index contributed by atoms with van der Waals surface area (Å²) in [5.41, 5.74) is 11.1. The number of anilines is 1. The fourth-order valence-electron chi connectivity index (χ4n) is 2.67. The van der Waals surface area contributed by atoms with Crippen LogP contribution in [0, 0.1) is 5.92 Å². The first-order valence-corrected chi connectivity index (χ1v) is 6.26. The first kappa shape index (κ1) is 9.76. The van der Waals surface area contributed by atoms with E-state index in [1.807, 2.05) is 24.3 Å². The summed E-state index contributed by atoms with van der Waals surface area (Å²) in [5.74, 6) is 1.51. The summed E-state index contributed by atoms with van der Waals surface area (Å²) in [7, 11) is 0. The lowest BCUT2D eigenvalue weighted by atomic mass is 9.84. The SMILES string of the molecule is C1=CC2=C(NNc3nc4ccccc4[nH]3)C[C@H]2C1. The Labute approximate surface area is 105 Å². The normalized spacial score (nSPS) is 21.0. The molecule has 0 spiro atoms. The van der Waals surface area contributed by atoms with Gasteiger partial charge in [0.1, 0.15) is 0 Å². The van der Waals surface area contributed by atoms with E-state index in [9.17, 15) is 0 Å². The summed E-state index contributed by atoms with van der Waals surface area (Å²) in [6, 6.07) is 8.01. The minimum absolute atomic E-state index is 0.755. The van der Waals surface area contributed by atoms with Gasteiger partial charge in [0, 0.05) is 5.70 Å². The molecule has 0 amide bonds. The van der Waals surface area contributed by atoms with E-state index < -0.39 is 0 Å². The fraction of sp³-hybridized carbons (Fsp3) is 0.214. The minimum atomic E-state index is 0.755. The summed E-state index contributed by atoms with van der Waals surface area (Å²) in [5, 5.41) is 0. The lowest BCUT2D eigenvalue weighted by Gasteiger charge is -2.28. The van der Waals surface area contributed by atoms with E-state index in [2.05, 4.69) is 33.0 Å². The number of nitrogens with one attached hydrogen (secondary N) is 3. The largest absolute Gasteiger partial charge is 0.323 e. The maximum atomic E-state index is 4.46. The summed E-state index contributed by atoms with van der Waals surface area (Å²) in [4.78, 5) is 7.69. The van der Waals surface area contributed by atoms with Gasteiger partial charge in [-0.05, 0) is 36.5 Å². The standard InChI is InChI=1S/C14H14N4/c1-2-7-12-11(6-1)15-14(16-12)18-17-13-8-9-4-3-5-10(9)13/h1-3,5-7,9,17H,4,8H2,(H2,15,16,18)/t9-/m1/s1. The van der Waals surface area contributed by atoms with Crippen LogP contribution >= 0.6 is 0 Å². The number of hydrogen-bond acceptors (Lipinski definition) is 3. The molecule has 0 bridgehead atoms. The van der Waals surface area contributed by atoms with Crippen LogP contribution in [0.1, 0.15) is 12.8 Å². The van der Waals surface area contributed by atoms with Crippen molar-refractivity contribution >= 4 is 17.0 Å². The van der Waals surface area contributed by atoms with E-state index in [1.165, 1.54) is 17.7 Å². The predicted octanol–water partition coefficient (Wildman–Crippen LogP) is 2.71. The van der Waals surface area contributed by atoms with Gasteiger partial charge in [0.2, 0.25) is 5.95 Å². The highest BCUT2D eigenvalue weighted by Gasteiger charge is 2.29. The second kappa shape index (κ2) is 3.63. The van der Waals surface area contributed by atoms with Gasteiger partial charge in [-0.25, -0.2) is 4.98 Å². The van der Waals surface area contributed by atoms with Gasteiger partial charge in [-0.2, -0.15) is 0 Å². The number of nitrogens with zero attached hydrogens (tertiary/aromatic N) is 1. The van der Waals surface area contributed by atoms with Crippen LogP contribution in [0.15, 0.2) is 47.7 Å². The number of hydrazine groups is 1. The van der Waals surface area contributed by atoms with Gasteiger partial charge in [0.15, 0.2) is 0 Å². The number of fused-ring (bicyclic) bond motifs is 2. The Morgan fingerprint density at radius 2 is 2.17 bits per heavy atom. The van der Waals surface area contributed by atoms with E-state index in [0.717, 1.165) is 29.3 Å². The molecule has 2 aliphatic carbocycles. The van der Waals surface area contributed by atoms with Crippen molar-refractivity contribution in [3.63, 3.8) is 0 Å². The third-order valence-electron chi connectivity index (χ3n) is 3.68. The number of benzene rings is 1. The van der Waals surface area contributed by atoms with Crippen molar-refractivity contribution in [2.45, 2.75) is 12.8 Å². The molecule has 0 saturated heterocycles. The third-order valence-corrected chi connectivity index (χ3v) is 3.68. The van der Waals surface area contributed by atoms with Crippen molar-refractivity contribution in [1.29, 1.82) is 0 Å². The molecule has 4 nitrogen and oxygen atoms in total. The Kier molecular flexibility index (Phi) is 1.97. The molecule has 1 heterocycles. The number of para-hydroxylation sites is 2. The molecular weight excluding hydrogens is 224 g/mol. The Morgan fingerprint density at radius 3 is 3.06 bits per heavy atom. The van der Waals surface area contributed by atoms with Crippen molar-refractivity contribution in [2.24, 2.45) is 5.92 Å². The molecule has 0 aliphatic heterocycles. The molecule has 3 N–H and O–H groups in total. The van der Waals surface area contributed by atoms with Crippen LogP contribution in [0.2, 0.25) is 0 Å². The van der Waals surface area contributed by atoms with Crippen LogP contribution in [0.3, 0.4) is 0 Å². The van der Waals surface area contributed by atoms with Gasteiger partial charge in [-0.1, -0.05) is 24.3 Å². The highest BCUT2D eigenvalue weighted by Crippen LogP contribution is 2.40. The van der Waals surface area contributed by atoms with Gasteiger partial charge in [0.05, 0.1) is 11.0 Å². The van der Waals surface area contributed by atoms with Crippen LogP contribution < -0.4 is 10.9 Å². The Bertz CT molecular complexity index is 632. The van der Waals surface area contributed by atoms with E-state index in [4.69, 9.17) is 0 Å². The molecule has 2 aromatic rings. The van der Waals surface area contributed by atoms with Crippen LogP contribution in [0.25, 0.3) is 11.0 Å². The molecule has 1 aromatic heterocycles. The second-order valence-electron chi connectivity index (χ2n) is 4.83. The Morgan fingerprint density at radius 1 is 1.22 bits per heavy atom. The summed E-state index contributed by atoms with van der Waals surface area (Å²) < 4.78 is 0. The van der Waals surface area contributed by atoms with Gasteiger partial charge in [-0.3, -0.25) is 5.43 Å². The predicted molar refractivity (Wildman–Crippen MR) is 71.7 cm³/mol. The number of hydrogen-bond donors (Lipinski definition) is 3. The smallest absolute Gasteiger partial charge is 0.220 e. The molecule has 0 radical (unpaired) electrons. The number of aromatic amines is 1. The lowest BCUT2D eigenvalue weighted by molar-refractivity contribution is 0.541. The number of rotatable bonds is 3. The van der Waals surface area contributed by atoms with Crippen molar-refractivity contribution < 1.29 is 0 Å². The molecule has 90 valence electrons. The van der Waals surface area contributed by atoms with E-state index in [1.54, 1.807) is 0 Å². The molecule has 0 unspecified atom stereocenters. The van der Waals surface area contributed by atoms with E-state index >= 15 is 0 Å². The molecule has 1 atom stereocenters. The molecule has 1 aromatic carbocycles. The molecule has 18 heavy (non-hydrogen) atoms. The number of allylic oxidation sites excluding steroid dienone is 4. The average Bonchev–Trinajstić information content (AvgIpc) is 2.93. The number of aromatic nitrogens is 2. The van der Waals surface area contributed by atoms with Gasteiger partial charge in [0.25, 0.3) is 0 Å². The Balaban J connectivity index is 1.52. The van der Waals surface area contributed by atoms with Gasteiger partial charge in [-0.15, -0.1) is 0 Å². The van der Waals surface area contributed by atoms with Crippen molar-refractivity contribution in [1.82, 2.24) is 15.4 Å². The number of H-pyrrole nitrogens is 1. The lowest BCUT2D eigenvalue weighted by Crippen LogP contribution is -2.30. The maximum Gasteiger partial charge on any atom is 0.220 e. The molecule has 0 saturated carbocycles. The highest BCUT2D eigenvalue weighted by molar-refractivity contribution is 5.77. The fourth-order valence-corrected chi connectivity index (χ4v) is 2.67. The summed E-state index contributed by atoms with van der Waals surface area (Å²) in [6.45, 7) is 0. The average molecular weight is 238 g/mol. The third kappa shape index (κ3) is 1.42. The zero-order chi connectivity index (χ0) is 11.9. The first-order valence-electron chi connectivity index (χ1n) is 6.26. The van der Waals surface area contributed by atoms with E-state index in [-0.39, 0.29) is 0 Å². The van der Waals surface area contributed by atoms with Crippen LogP contribution in [-0.2, 0) is 0 Å². The van der Waals surface area contributed by atoms with Crippen molar-refractivity contribution in [3.8, 4) is 0 Å². The zero-order valence-corrected chi connectivity index (χ0v) is 9.90. The van der Waals surface area contributed by atoms with E-state index in [0.29, 0.717) is 0 Å². The summed E-state index contributed by atoms with van der Waals surface area (Å²) >= 11 is 0. The van der Waals surface area contributed by atoms with Gasteiger partial charge < -0.3 is 10.4 Å². The second-order valence-corrected chi connectivity index (χ2v) is 4.83. The Hall–Kier alpha value is -2.23. The van der Waals surface area contributed by atoms with Crippen LogP contribution in [0.5, 0.6) is 0 Å². The monoisotopic (exact) mass is 238 g/mol. The molecule has 2 aliphatic rings. The quantitative estimate of drug-likeness (QED) is 0.721. The first-order chi connectivity index (χ1) is 8.90. The van der Waals surface area contributed by atoms with Crippen molar-refractivity contribution in [2.75, 3.05) is 5.43 Å². The molecule has 0 fully saturated rings. The van der Waals surface area contributed by atoms with Gasteiger partial charge >= 0.3 is 0 Å². The minimum Gasteiger partial charge on any atom is -0.323 e. The highest BCUT2D eigenvalue weighted by atomic mass is 15.4. The molecule has 4 heteroatoms. The van der Waals surface area contributed by atoms with Crippen LogP contribution in [0.4, 0.5) is 5.95 Å². The zero-order valence-electron chi connectivity index (χ0n) is 9.90. The molecule has 4 rings (SSSR count). The topological polar surface area (TPSA) is 52.7 Å². The number of imidazole rings is 1. The van der Waals surface area contributed by atoms with Crippen LogP contribution in [-0.4, -0.2) is 9.97 Å². The van der Waals surface area contributed by atoms with Crippen molar-refractivity contribution in [3.05, 3.63) is 47.7 Å². The summed E-state index contributed by atoms with van der Waals surface area (Å²) in [6.07, 6.45) is 6.80.